The van der Waals surface area contributed by atoms with E-state index in [1.165, 1.54) is 7.11 Å². The largest absolute Gasteiger partial charge is 0.467 e. The molecule has 0 aromatic heterocycles. The zero-order valence-electron chi connectivity index (χ0n) is 10.3. The Morgan fingerprint density at radius 2 is 2.17 bits per heavy atom. The molecule has 96 valence electrons. The van der Waals surface area contributed by atoms with Crippen molar-refractivity contribution in [2.45, 2.75) is 12.6 Å². The monoisotopic (exact) mass is 248 g/mol. The molecule has 2 rings (SSSR count). The Bertz CT molecular complexity index is 425. The van der Waals surface area contributed by atoms with E-state index in [4.69, 9.17) is 0 Å². The molecule has 1 aliphatic rings. The fraction of sp³-hybridized carbons (Fsp3) is 0.385. The van der Waals surface area contributed by atoms with Crippen molar-refractivity contribution < 1.29 is 14.3 Å². The third kappa shape index (κ3) is 2.68. The first-order chi connectivity index (χ1) is 8.72. The second-order valence-electron chi connectivity index (χ2n) is 4.17. The molecule has 0 radical (unpaired) electrons. The number of carbonyl (C=O) groups excluding carboxylic acids is 2. The standard InChI is InChI=1S/C13H16N2O3/c1-18-13(17)11-12(16)14-7-8-15(11)9-10-5-3-2-4-6-10/h2-6,11H,7-9H2,1H3,(H,14,16)/t11-/m0/s1. The van der Waals surface area contributed by atoms with Crippen LogP contribution in [0.4, 0.5) is 0 Å². The van der Waals surface area contributed by atoms with Crippen LogP contribution in [0.1, 0.15) is 5.56 Å². The molecular formula is C13H16N2O3. The number of hydrogen-bond acceptors (Lipinski definition) is 4. The average molecular weight is 248 g/mol. The maximum absolute atomic E-state index is 11.7. The topological polar surface area (TPSA) is 58.6 Å². The first kappa shape index (κ1) is 12.6. The van der Waals surface area contributed by atoms with Crippen molar-refractivity contribution in [1.82, 2.24) is 10.2 Å². The Balaban J connectivity index is 2.13. The Hall–Kier alpha value is -1.88. The molecule has 1 saturated heterocycles. The Morgan fingerprint density at radius 1 is 1.44 bits per heavy atom. The summed E-state index contributed by atoms with van der Waals surface area (Å²) in [7, 11) is 1.30. The number of hydrogen-bond donors (Lipinski definition) is 1. The highest BCUT2D eigenvalue weighted by Gasteiger charge is 2.36. The lowest BCUT2D eigenvalue weighted by Gasteiger charge is -2.33. The minimum atomic E-state index is -0.844. The van der Waals surface area contributed by atoms with Gasteiger partial charge in [-0.05, 0) is 5.56 Å². The molecule has 0 aliphatic carbocycles. The van der Waals surface area contributed by atoms with Crippen molar-refractivity contribution in [3.63, 3.8) is 0 Å². The first-order valence-corrected chi connectivity index (χ1v) is 5.86. The summed E-state index contributed by atoms with van der Waals surface area (Å²) in [6.07, 6.45) is 0. The Labute approximate surface area is 106 Å². The highest BCUT2D eigenvalue weighted by Crippen LogP contribution is 2.12. The van der Waals surface area contributed by atoms with Crippen LogP contribution in [-0.4, -0.2) is 43.0 Å². The molecule has 5 heteroatoms. The number of esters is 1. The van der Waals surface area contributed by atoms with Crippen LogP contribution in [0.2, 0.25) is 0 Å². The smallest absolute Gasteiger partial charge is 0.332 e. The van der Waals surface area contributed by atoms with Gasteiger partial charge in [0.05, 0.1) is 7.11 Å². The van der Waals surface area contributed by atoms with E-state index in [0.717, 1.165) is 5.56 Å². The van der Waals surface area contributed by atoms with Gasteiger partial charge in [0.25, 0.3) is 0 Å². The number of rotatable bonds is 3. The van der Waals surface area contributed by atoms with E-state index >= 15 is 0 Å². The normalized spacial score (nSPS) is 20.3. The van der Waals surface area contributed by atoms with Crippen LogP contribution in [0, 0.1) is 0 Å². The first-order valence-electron chi connectivity index (χ1n) is 5.86. The van der Waals surface area contributed by atoms with Crippen molar-refractivity contribution in [3.8, 4) is 0 Å². The summed E-state index contributed by atoms with van der Waals surface area (Å²) >= 11 is 0. The quantitative estimate of drug-likeness (QED) is 0.611. The van der Waals surface area contributed by atoms with Gasteiger partial charge in [-0.3, -0.25) is 9.69 Å². The third-order valence-electron chi connectivity index (χ3n) is 2.96. The maximum Gasteiger partial charge on any atom is 0.332 e. The van der Waals surface area contributed by atoms with E-state index in [9.17, 15) is 9.59 Å². The van der Waals surface area contributed by atoms with E-state index in [1.54, 1.807) is 0 Å². The van der Waals surface area contributed by atoms with E-state index in [1.807, 2.05) is 35.2 Å². The van der Waals surface area contributed by atoms with Gasteiger partial charge in [-0.1, -0.05) is 30.3 Å². The number of benzene rings is 1. The van der Waals surface area contributed by atoms with Gasteiger partial charge in [-0.15, -0.1) is 0 Å². The van der Waals surface area contributed by atoms with E-state index < -0.39 is 12.0 Å². The molecule has 0 unspecified atom stereocenters. The lowest BCUT2D eigenvalue weighted by Crippen LogP contribution is -2.58. The number of methoxy groups -OCH3 is 1. The molecule has 0 spiro atoms. The molecule has 1 atom stereocenters. The molecule has 0 saturated carbocycles. The number of carbonyl (C=O) groups is 2. The molecule has 1 aromatic carbocycles. The lowest BCUT2D eigenvalue weighted by molar-refractivity contribution is -0.153. The van der Waals surface area contributed by atoms with Gasteiger partial charge < -0.3 is 10.1 Å². The predicted octanol–water partition coefficient (Wildman–Crippen LogP) is 0.160. The second-order valence-corrected chi connectivity index (χ2v) is 4.17. The summed E-state index contributed by atoms with van der Waals surface area (Å²) in [5.74, 6) is -0.799. The summed E-state index contributed by atoms with van der Waals surface area (Å²) in [5, 5.41) is 2.68. The summed E-state index contributed by atoms with van der Waals surface area (Å²) in [6.45, 7) is 1.76. The molecule has 1 heterocycles. The van der Waals surface area contributed by atoms with Crippen molar-refractivity contribution in [2.75, 3.05) is 20.2 Å². The number of nitrogens with zero attached hydrogens (tertiary/aromatic N) is 1. The molecule has 1 N–H and O–H groups in total. The molecule has 0 bridgehead atoms. The lowest BCUT2D eigenvalue weighted by atomic mass is 10.1. The van der Waals surface area contributed by atoms with Crippen molar-refractivity contribution in [1.29, 1.82) is 0 Å². The maximum atomic E-state index is 11.7. The summed E-state index contributed by atoms with van der Waals surface area (Å²) in [6, 6.07) is 8.91. The van der Waals surface area contributed by atoms with Gasteiger partial charge in [0.1, 0.15) is 0 Å². The van der Waals surface area contributed by atoms with Crippen LogP contribution in [0.5, 0.6) is 0 Å². The average Bonchev–Trinajstić information content (AvgIpc) is 2.39. The predicted molar refractivity (Wildman–Crippen MR) is 65.7 cm³/mol. The molecule has 1 fully saturated rings. The van der Waals surface area contributed by atoms with Gasteiger partial charge in [-0.25, -0.2) is 4.79 Å². The zero-order chi connectivity index (χ0) is 13.0. The van der Waals surface area contributed by atoms with Crippen LogP contribution < -0.4 is 5.32 Å². The Morgan fingerprint density at radius 3 is 2.83 bits per heavy atom. The molecular weight excluding hydrogens is 232 g/mol. The second kappa shape index (κ2) is 5.64. The van der Waals surface area contributed by atoms with Gasteiger partial charge in [0.15, 0.2) is 6.04 Å². The van der Waals surface area contributed by atoms with Gasteiger partial charge in [-0.2, -0.15) is 0 Å². The van der Waals surface area contributed by atoms with E-state index in [0.29, 0.717) is 19.6 Å². The minimum absolute atomic E-state index is 0.288. The van der Waals surface area contributed by atoms with Crippen molar-refractivity contribution in [2.24, 2.45) is 0 Å². The number of piperazine rings is 1. The van der Waals surface area contributed by atoms with Crippen molar-refractivity contribution >= 4 is 11.9 Å². The number of amides is 1. The van der Waals surface area contributed by atoms with Crippen molar-refractivity contribution in [3.05, 3.63) is 35.9 Å². The summed E-state index contributed by atoms with van der Waals surface area (Å²) in [4.78, 5) is 25.2. The SMILES string of the molecule is COC(=O)[C@@H]1C(=O)NCCN1Cc1ccccc1. The van der Waals surface area contributed by atoms with Gasteiger partial charge >= 0.3 is 5.97 Å². The fourth-order valence-electron chi connectivity index (χ4n) is 2.07. The molecule has 1 amide bonds. The van der Waals surface area contributed by atoms with Crippen LogP contribution in [0.3, 0.4) is 0 Å². The van der Waals surface area contributed by atoms with Crippen LogP contribution in [0.15, 0.2) is 30.3 Å². The zero-order valence-corrected chi connectivity index (χ0v) is 10.3. The summed E-state index contributed by atoms with van der Waals surface area (Å²) in [5.41, 5.74) is 1.07. The van der Waals surface area contributed by atoms with Gasteiger partial charge in [0, 0.05) is 19.6 Å². The molecule has 5 nitrogen and oxygen atoms in total. The van der Waals surface area contributed by atoms with E-state index in [2.05, 4.69) is 10.1 Å². The molecule has 1 aliphatic heterocycles. The highest BCUT2D eigenvalue weighted by atomic mass is 16.5. The Kier molecular flexibility index (Phi) is 3.94. The minimum Gasteiger partial charge on any atom is -0.467 e. The van der Waals surface area contributed by atoms with Crippen LogP contribution in [-0.2, 0) is 20.9 Å². The van der Waals surface area contributed by atoms with Crippen LogP contribution in [0.25, 0.3) is 0 Å². The number of ether oxygens (including phenoxy) is 1. The third-order valence-corrected chi connectivity index (χ3v) is 2.96. The fourth-order valence-corrected chi connectivity index (χ4v) is 2.07. The van der Waals surface area contributed by atoms with Gasteiger partial charge in [0.2, 0.25) is 5.91 Å². The van der Waals surface area contributed by atoms with Crippen LogP contribution >= 0.6 is 0 Å². The molecule has 18 heavy (non-hydrogen) atoms. The number of nitrogens with one attached hydrogen (secondary N) is 1. The molecule has 1 aromatic rings. The van der Waals surface area contributed by atoms with E-state index in [-0.39, 0.29) is 5.91 Å². The summed E-state index contributed by atoms with van der Waals surface area (Å²) < 4.78 is 4.69. The highest BCUT2D eigenvalue weighted by molar-refractivity contribution is 6.02.